The lowest BCUT2D eigenvalue weighted by molar-refractivity contribution is 0.0951. The first-order valence-corrected chi connectivity index (χ1v) is 10.1. The summed E-state index contributed by atoms with van der Waals surface area (Å²) in [7, 11) is 4.01. The van der Waals surface area contributed by atoms with E-state index in [1.807, 2.05) is 96.6 Å². The van der Waals surface area contributed by atoms with Crippen LogP contribution in [0.5, 0.6) is 0 Å². The molecule has 0 atom stereocenters. The quantitative estimate of drug-likeness (QED) is 0.492. The van der Waals surface area contributed by atoms with Crippen molar-refractivity contribution in [2.75, 3.05) is 19.0 Å². The standard InChI is InChI=1S/C24H23ClN4O/c1-28(2)22-11-5-17(6-12-22)14-26-24(30)19-7-8-20-15-27-29(23(20)13-19)16-18-3-9-21(25)10-4-18/h3-13,15H,14,16H2,1-2H3,(H,26,30). The second-order valence-electron chi connectivity index (χ2n) is 7.45. The van der Waals surface area contributed by atoms with E-state index in [1.165, 1.54) is 0 Å². The molecule has 4 rings (SSSR count). The third-order valence-corrected chi connectivity index (χ3v) is 5.31. The molecule has 0 aliphatic heterocycles. The highest BCUT2D eigenvalue weighted by Crippen LogP contribution is 2.19. The van der Waals surface area contributed by atoms with Crippen molar-refractivity contribution in [1.82, 2.24) is 15.1 Å². The van der Waals surface area contributed by atoms with Crippen LogP contribution in [0.15, 0.2) is 72.9 Å². The van der Waals surface area contributed by atoms with Gasteiger partial charge in [0, 0.05) is 42.3 Å². The monoisotopic (exact) mass is 418 g/mol. The van der Waals surface area contributed by atoms with Crippen LogP contribution in [0, 0.1) is 0 Å². The Morgan fingerprint density at radius 2 is 1.70 bits per heavy atom. The number of aromatic nitrogens is 2. The fourth-order valence-corrected chi connectivity index (χ4v) is 3.42. The lowest BCUT2D eigenvalue weighted by atomic mass is 10.1. The van der Waals surface area contributed by atoms with E-state index in [2.05, 4.69) is 10.4 Å². The maximum Gasteiger partial charge on any atom is 0.251 e. The van der Waals surface area contributed by atoms with Crippen molar-refractivity contribution in [2.24, 2.45) is 0 Å². The Morgan fingerprint density at radius 3 is 2.40 bits per heavy atom. The number of hydrogen-bond donors (Lipinski definition) is 1. The molecule has 0 spiro atoms. The molecular formula is C24H23ClN4O. The molecule has 1 heterocycles. The molecule has 152 valence electrons. The van der Waals surface area contributed by atoms with Crippen molar-refractivity contribution in [2.45, 2.75) is 13.1 Å². The van der Waals surface area contributed by atoms with Gasteiger partial charge in [-0.1, -0.05) is 41.9 Å². The van der Waals surface area contributed by atoms with E-state index in [0.29, 0.717) is 23.7 Å². The molecule has 5 nitrogen and oxygen atoms in total. The molecule has 0 aliphatic carbocycles. The Labute approximate surface area is 180 Å². The normalized spacial score (nSPS) is 10.9. The molecule has 0 unspecified atom stereocenters. The number of halogens is 1. The zero-order valence-electron chi connectivity index (χ0n) is 17.0. The minimum atomic E-state index is -0.104. The van der Waals surface area contributed by atoms with Gasteiger partial charge in [0.1, 0.15) is 0 Å². The smallest absolute Gasteiger partial charge is 0.251 e. The number of fused-ring (bicyclic) bond motifs is 1. The van der Waals surface area contributed by atoms with Crippen LogP contribution in [0.4, 0.5) is 5.69 Å². The van der Waals surface area contributed by atoms with Crippen LogP contribution in [-0.2, 0) is 13.1 Å². The minimum Gasteiger partial charge on any atom is -0.378 e. The van der Waals surface area contributed by atoms with Gasteiger partial charge in [-0.25, -0.2) is 0 Å². The number of hydrogen-bond acceptors (Lipinski definition) is 3. The number of carbonyl (C=O) groups is 1. The van der Waals surface area contributed by atoms with Crippen molar-refractivity contribution in [3.8, 4) is 0 Å². The molecule has 0 bridgehead atoms. The summed E-state index contributed by atoms with van der Waals surface area (Å²) in [6.07, 6.45) is 1.82. The number of nitrogens with zero attached hydrogens (tertiary/aromatic N) is 3. The largest absolute Gasteiger partial charge is 0.378 e. The Kier molecular flexibility index (Phi) is 5.72. The number of amides is 1. The molecule has 30 heavy (non-hydrogen) atoms. The predicted molar refractivity (Wildman–Crippen MR) is 122 cm³/mol. The van der Waals surface area contributed by atoms with E-state index in [-0.39, 0.29) is 5.91 Å². The van der Waals surface area contributed by atoms with Gasteiger partial charge in [0.15, 0.2) is 0 Å². The Bertz CT molecular complexity index is 1160. The van der Waals surface area contributed by atoms with Gasteiger partial charge >= 0.3 is 0 Å². The van der Waals surface area contributed by atoms with Crippen LogP contribution in [0.2, 0.25) is 5.02 Å². The first-order valence-electron chi connectivity index (χ1n) is 9.74. The van der Waals surface area contributed by atoms with Gasteiger partial charge in [0.05, 0.1) is 18.3 Å². The summed E-state index contributed by atoms with van der Waals surface area (Å²) in [5, 5.41) is 9.18. The minimum absolute atomic E-state index is 0.104. The molecule has 0 radical (unpaired) electrons. The van der Waals surface area contributed by atoms with Crippen LogP contribution < -0.4 is 10.2 Å². The maximum atomic E-state index is 12.7. The molecule has 4 aromatic rings. The van der Waals surface area contributed by atoms with Crippen molar-refractivity contribution >= 4 is 34.1 Å². The molecule has 1 amide bonds. The molecule has 1 N–H and O–H groups in total. The van der Waals surface area contributed by atoms with E-state index in [1.54, 1.807) is 0 Å². The Hall–Kier alpha value is -3.31. The number of benzene rings is 3. The number of nitrogens with one attached hydrogen (secondary N) is 1. The summed E-state index contributed by atoms with van der Waals surface area (Å²) in [5.41, 5.74) is 4.82. The molecule has 0 aliphatic rings. The zero-order valence-corrected chi connectivity index (χ0v) is 17.7. The summed E-state index contributed by atoms with van der Waals surface area (Å²) in [5.74, 6) is -0.104. The number of anilines is 1. The summed E-state index contributed by atoms with van der Waals surface area (Å²) in [4.78, 5) is 14.7. The van der Waals surface area contributed by atoms with Crippen molar-refractivity contribution < 1.29 is 4.79 Å². The summed E-state index contributed by atoms with van der Waals surface area (Å²) < 4.78 is 1.90. The predicted octanol–water partition coefficient (Wildman–Crippen LogP) is 4.73. The van der Waals surface area contributed by atoms with Gasteiger partial charge in [-0.3, -0.25) is 9.48 Å². The van der Waals surface area contributed by atoms with E-state index in [4.69, 9.17) is 11.6 Å². The maximum absolute atomic E-state index is 12.7. The van der Waals surface area contributed by atoms with E-state index < -0.39 is 0 Å². The van der Waals surface area contributed by atoms with Gasteiger partial charge in [-0.05, 0) is 47.5 Å². The highest BCUT2D eigenvalue weighted by atomic mass is 35.5. The summed E-state index contributed by atoms with van der Waals surface area (Å²) in [6.45, 7) is 1.10. The second kappa shape index (κ2) is 8.59. The van der Waals surface area contributed by atoms with Crippen molar-refractivity contribution in [3.05, 3.63) is 94.6 Å². The SMILES string of the molecule is CN(C)c1ccc(CNC(=O)c2ccc3cnn(Cc4ccc(Cl)cc4)c3c2)cc1. The van der Waals surface area contributed by atoms with Gasteiger partial charge < -0.3 is 10.2 Å². The fourth-order valence-electron chi connectivity index (χ4n) is 3.30. The van der Waals surface area contributed by atoms with Gasteiger partial charge in [-0.15, -0.1) is 0 Å². The van der Waals surface area contributed by atoms with Crippen LogP contribution in [-0.4, -0.2) is 29.8 Å². The molecule has 1 aromatic heterocycles. The lowest BCUT2D eigenvalue weighted by Gasteiger charge is -2.13. The fraction of sp³-hybridized carbons (Fsp3) is 0.167. The number of rotatable bonds is 6. The van der Waals surface area contributed by atoms with Crippen LogP contribution in [0.1, 0.15) is 21.5 Å². The van der Waals surface area contributed by atoms with Crippen molar-refractivity contribution in [3.63, 3.8) is 0 Å². The third kappa shape index (κ3) is 4.47. The first kappa shape index (κ1) is 20.0. The van der Waals surface area contributed by atoms with Crippen LogP contribution in [0.25, 0.3) is 10.9 Å². The summed E-state index contributed by atoms with van der Waals surface area (Å²) in [6, 6.07) is 21.5. The van der Waals surface area contributed by atoms with Crippen LogP contribution >= 0.6 is 11.6 Å². The average Bonchev–Trinajstić information content (AvgIpc) is 3.16. The molecule has 0 saturated heterocycles. The van der Waals surface area contributed by atoms with Gasteiger partial charge in [0.2, 0.25) is 0 Å². The van der Waals surface area contributed by atoms with Gasteiger partial charge in [-0.2, -0.15) is 5.10 Å². The Morgan fingerprint density at radius 1 is 1.00 bits per heavy atom. The van der Waals surface area contributed by atoms with Crippen molar-refractivity contribution in [1.29, 1.82) is 0 Å². The average molecular weight is 419 g/mol. The highest BCUT2D eigenvalue weighted by Gasteiger charge is 2.10. The van der Waals surface area contributed by atoms with E-state index in [9.17, 15) is 4.79 Å². The zero-order chi connectivity index (χ0) is 21.1. The molecule has 0 fully saturated rings. The molecule has 0 saturated carbocycles. The van der Waals surface area contributed by atoms with E-state index >= 15 is 0 Å². The molecule has 6 heteroatoms. The molecular weight excluding hydrogens is 396 g/mol. The lowest BCUT2D eigenvalue weighted by Crippen LogP contribution is -2.22. The highest BCUT2D eigenvalue weighted by molar-refractivity contribution is 6.30. The summed E-state index contributed by atoms with van der Waals surface area (Å²) >= 11 is 5.97. The first-order chi connectivity index (χ1) is 14.5. The van der Waals surface area contributed by atoms with Crippen LogP contribution in [0.3, 0.4) is 0 Å². The Balaban J connectivity index is 1.48. The number of carbonyl (C=O) groups excluding carboxylic acids is 1. The second-order valence-corrected chi connectivity index (χ2v) is 7.88. The third-order valence-electron chi connectivity index (χ3n) is 5.06. The van der Waals surface area contributed by atoms with E-state index in [0.717, 1.165) is 27.7 Å². The van der Waals surface area contributed by atoms with Gasteiger partial charge in [0.25, 0.3) is 5.91 Å². The molecule has 3 aromatic carbocycles. The topological polar surface area (TPSA) is 50.2 Å².